The van der Waals surface area contributed by atoms with Crippen LogP contribution >= 0.6 is 0 Å². The Bertz CT molecular complexity index is 833. The van der Waals surface area contributed by atoms with Crippen LogP contribution in [0.25, 0.3) is 0 Å². The minimum absolute atomic E-state index is 0.124. The highest BCUT2D eigenvalue weighted by Crippen LogP contribution is 2.11. The van der Waals surface area contributed by atoms with Gasteiger partial charge in [0.15, 0.2) is 0 Å². The number of carbonyl (C=O) groups is 3. The van der Waals surface area contributed by atoms with E-state index >= 15 is 0 Å². The Morgan fingerprint density at radius 2 is 1.89 bits per heavy atom. The van der Waals surface area contributed by atoms with Crippen molar-refractivity contribution in [3.63, 3.8) is 0 Å². The van der Waals surface area contributed by atoms with E-state index in [0.29, 0.717) is 12.5 Å². The quantitative estimate of drug-likeness (QED) is 0.644. The average molecular weight is 381 g/mol. The number of anilines is 1. The van der Waals surface area contributed by atoms with Crippen molar-refractivity contribution >= 4 is 23.8 Å². The lowest BCUT2D eigenvalue weighted by atomic mass is 10.1. The number of carboxylic acid groups (broad SMARTS) is 1. The summed E-state index contributed by atoms with van der Waals surface area (Å²) < 4.78 is 31.2. The molecule has 144 valence electrons. The largest absolute Gasteiger partial charge is 0.475 e. The monoisotopic (exact) mass is 381 g/mol. The number of halogens is 2. The number of carbonyl (C=O) groups excluding carboxylic acids is 2. The van der Waals surface area contributed by atoms with Crippen molar-refractivity contribution in [2.75, 3.05) is 5.32 Å². The van der Waals surface area contributed by atoms with Gasteiger partial charge in [-0.3, -0.25) is 14.9 Å². The third-order valence-electron chi connectivity index (χ3n) is 3.46. The van der Waals surface area contributed by atoms with E-state index in [1.54, 1.807) is 6.92 Å². The van der Waals surface area contributed by atoms with Crippen molar-refractivity contribution in [2.45, 2.75) is 32.2 Å². The number of oxazole rings is 1. The molecular weight excluding hydrogens is 364 g/mol. The van der Waals surface area contributed by atoms with Gasteiger partial charge in [0.05, 0.1) is 12.6 Å². The Morgan fingerprint density at radius 3 is 2.44 bits per heavy atom. The van der Waals surface area contributed by atoms with Crippen molar-refractivity contribution < 1.29 is 32.7 Å². The number of amides is 2. The van der Waals surface area contributed by atoms with Crippen LogP contribution in [-0.2, 0) is 16.0 Å². The molecule has 1 unspecified atom stereocenters. The SMILES string of the molecule is CCCC(NC(=O)Cc1cc(F)cc(F)c1)C(=O)Nc1ncc(C(=O)O)o1. The first-order chi connectivity index (χ1) is 12.8. The normalized spacial score (nSPS) is 11.7. The molecule has 0 fully saturated rings. The third-order valence-corrected chi connectivity index (χ3v) is 3.46. The fraction of sp³-hybridized carbons (Fsp3) is 0.294. The number of nitrogens with zero attached hydrogens (tertiary/aromatic N) is 1. The van der Waals surface area contributed by atoms with E-state index in [1.807, 2.05) is 0 Å². The first-order valence-corrected chi connectivity index (χ1v) is 8.02. The van der Waals surface area contributed by atoms with Crippen LogP contribution in [0.3, 0.4) is 0 Å². The molecule has 1 aromatic carbocycles. The molecule has 8 nitrogen and oxygen atoms in total. The zero-order valence-electron chi connectivity index (χ0n) is 14.3. The van der Waals surface area contributed by atoms with Gasteiger partial charge in [0.1, 0.15) is 17.7 Å². The van der Waals surface area contributed by atoms with Crippen LogP contribution < -0.4 is 10.6 Å². The van der Waals surface area contributed by atoms with Gasteiger partial charge in [0.25, 0.3) is 5.91 Å². The zero-order valence-corrected chi connectivity index (χ0v) is 14.3. The van der Waals surface area contributed by atoms with Gasteiger partial charge in [-0.05, 0) is 24.1 Å². The maximum absolute atomic E-state index is 13.2. The molecule has 2 amide bonds. The van der Waals surface area contributed by atoms with E-state index in [1.165, 1.54) is 0 Å². The summed E-state index contributed by atoms with van der Waals surface area (Å²) in [5.41, 5.74) is 0.124. The van der Waals surface area contributed by atoms with Gasteiger partial charge in [0.2, 0.25) is 11.7 Å². The van der Waals surface area contributed by atoms with E-state index in [9.17, 15) is 23.2 Å². The molecule has 1 heterocycles. The van der Waals surface area contributed by atoms with Crippen LogP contribution in [0, 0.1) is 11.6 Å². The number of aromatic carboxylic acids is 1. The third kappa shape index (κ3) is 5.87. The molecule has 0 saturated carbocycles. The van der Waals surface area contributed by atoms with Crippen LogP contribution in [0.1, 0.15) is 35.9 Å². The average Bonchev–Trinajstić information content (AvgIpc) is 3.02. The predicted octanol–water partition coefficient (Wildman–Crippen LogP) is 2.12. The Kier molecular flexibility index (Phi) is 6.58. The molecule has 3 N–H and O–H groups in total. The Hall–Kier alpha value is -3.30. The first kappa shape index (κ1) is 20.0. The second-order valence-corrected chi connectivity index (χ2v) is 5.69. The molecule has 0 bridgehead atoms. The molecule has 2 rings (SSSR count). The molecule has 0 radical (unpaired) electrons. The molecule has 1 aromatic heterocycles. The maximum Gasteiger partial charge on any atom is 0.373 e. The van der Waals surface area contributed by atoms with Crippen molar-refractivity contribution in [3.05, 3.63) is 47.4 Å². The number of rotatable bonds is 8. The van der Waals surface area contributed by atoms with Crippen LogP contribution in [-0.4, -0.2) is 33.9 Å². The summed E-state index contributed by atoms with van der Waals surface area (Å²) in [4.78, 5) is 38.8. The van der Waals surface area contributed by atoms with Gasteiger partial charge in [-0.25, -0.2) is 18.6 Å². The van der Waals surface area contributed by atoms with E-state index in [4.69, 9.17) is 9.52 Å². The van der Waals surface area contributed by atoms with Gasteiger partial charge in [-0.1, -0.05) is 13.3 Å². The Labute approximate surface area is 152 Å². The van der Waals surface area contributed by atoms with E-state index in [2.05, 4.69) is 15.6 Å². The standard InChI is InChI=1S/C17H17F2N3O5/c1-2-3-12(15(24)22-17-20-8-13(27-17)16(25)26)21-14(23)6-9-4-10(18)7-11(19)5-9/h4-5,7-8,12H,2-3,6H2,1H3,(H,21,23)(H,25,26)(H,20,22,24). The first-order valence-electron chi connectivity index (χ1n) is 8.02. The summed E-state index contributed by atoms with van der Waals surface area (Å²) in [6.07, 6.45) is 1.45. The van der Waals surface area contributed by atoms with Crippen molar-refractivity contribution in [1.29, 1.82) is 0 Å². The number of hydrogen-bond acceptors (Lipinski definition) is 5. The van der Waals surface area contributed by atoms with Crippen molar-refractivity contribution in [3.8, 4) is 0 Å². The lowest BCUT2D eigenvalue weighted by molar-refractivity contribution is -0.126. The summed E-state index contributed by atoms with van der Waals surface area (Å²) in [7, 11) is 0. The van der Waals surface area contributed by atoms with Gasteiger partial charge in [-0.15, -0.1) is 0 Å². The van der Waals surface area contributed by atoms with Gasteiger partial charge < -0.3 is 14.8 Å². The second kappa shape index (κ2) is 8.88. The van der Waals surface area contributed by atoms with Crippen molar-refractivity contribution in [1.82, 2.24) is 10.3 Å². The topological polar surface area (TPSA) is 122 Å². The highest BCUT2D eigenvalue weighted by Gasteiger charge is 2.22. The minimum Gasteiger partial charge on any atom is -0.475 e. The molecular formula is C17H17F2N3O5. The highest BCUT2D eigenvalue weighted by molar-refractivity contribution is 5.96. The number of carboxylic acids is 1. The number of benzene rings is 1. The van der Waals surface area contributed by atoms with Crippen molar-refractivity contribution in [2.24, 2.45) is 0 Å². The molecule has 0 aliphatic carbocycles. The highest BCUT2D eigenvalue weighted by atomic mass is 19.1. The van der Waals surface area contributed by atoms with Crippen LogP contribution in [0.4, 0.5) is 14.8 Å². The zero-order chi connectivity index (χ0) is 20.0. The number of aromatic nitrogens is 1. The summed E-state index contributed by atoms with van der Waals surface area (Å²) in [6, 6.07) is 1.47. The summed E-state index contributed by atoms with van der Waals surface area (Å²) in [5.74, 6) is -4.67. The van der Waals surface area contributed by atoms with Crippen LogP contribution in [0.15, 0.2) is 28.8 Å². The molecule has 2 aromatic rings. The summed E-state index contributed by atoms with van der Waals surface area (Å²) >= 11 is 0. The van der Waals surface area contributed by atoms with Crippen LogP contribution in [0.2, 0.25) is 0 Å². The van der Waals surface area contributed by atoms with E-state index < -0.39 is 41.2 Å². The van der Waals surface area contributed by atoms with Gasteiger partial charge in [-0.2, -0.15) is 0 Å². The number of hydrogen-bond donors (Lipinski definition) is 3. The molecule has 0 spiro atoms. The van der Waals surface area contributed by atoms with E-state index in [-0.39, 0.29) is 24.4 Å². The molecule has 0 aliphatic rings. The minimum atomic E-state index is -1.34. The maximum atomic E-state index is 13.2. The Morgan fingerprint density at radius 1 is 1.22 bits per heavy atom. The lowest BCUT2D eigenvalue weighted by Gasteiger charge is -2.16. The van der Waals surface area contributed by atoms with Gasteiger partial charge in [0, 0.05) is 6.07 Å². The second-order valence-electron chi connectivity index (χ2n) is 5.69. The predicted molar refractivity (Wildman–Crippen MR) is 89.0 cm³/mol. The Balaban J connectivity index is 2.01. The lowest BCUT2D eigenvalue weighted by Crippen LogP contribution is -2.44. The molecule has 0 aliphatic heterocycles. The van der Waals surface area contributed by atoms with Crippen LogP contribution in [0.5, 0.6) is 0 Å². The molecule has 10 heteroatoms. The molecule has 27 heavy (non-hydrogen) atoms. The van der Waals surface area contributed by atoms with E-state index in [0.717, 1.165) is 18.3 Å². The fourth-order valence-corrected chi connectivity index (χ4v) is 2.32. The summed E-state index contributed by atoms with van der Waals surface area (Å²) in [6.45, 7) is 1.79. The molecule has 0 saturated heterocycles. The van der Waals surface area contributed by atoms with Gasteiger partial charge >= 0.3 is 12.0 Å². The number of nitrogens with one attached hydrogen (secondary N) is 2. The smallest absolute Gasteiger partial charge is 0.373 e. The molecule has 1 atom stereocenters. The summed E-state index contributed by atoms with van der Waals surface area (Å²) in [5, 5.41) is 13.5. The fourth-order valence-electron chi connectivity index (χ4n) is 2.32.